The number of aromatic nitrogens is 1. The van der Waals surface area contributed by atoms with E-state index in [1.807, 2.05) is 0 Å². The standard InChI is InChI=1S/C11H17NO3S/c1-2-16(14,15)9-3-4-11(13)10-5-7-12-8-6-10/h5-8,11,13H,2-4,9H2,1H3. The second-order valence-corrected chi connectivity index (χ2v) is 6.15. The average molecular weight is 243 g/mol. The Balaban J connectivity index is 2.40. The molecule has 0 saturated carbocycles. The van der Waals surface area contributed by atoms with Crippen molar-refractivity contribution in [1.29, 1.82) is 0 Å². The molecule has 0 aliphatic heterocycles. The van der Waals surface area contributed by atoms with Crippen LogP contribution in [-0.4, -0.2) is 30.0 Å². The fourth-order valence-corrected chi connectivity index (χ4v) is 2.29. The number of hydrogen-bond donors (Lipinski definition) is 1. The number of aliphatic hydroxyl groups is 1. The van der Waals surface area contributed by atoms with E-state index in [1.54, 1.807) is 31.5 Å². The minimum Gasteiger partial charge on any atom is -0.388 e. The highest BCUT2D eigenvalue weighted by Gasteiger charge is 2.11. The van der Waals surface area contributed by atoms with E-state index in [0.29, 0.717) is 12.8 Å². The quantitative estimate of drug-likeness (QED) is 0.818. The van der Waals surface area contributed by atoms with Crippen LogP contribution in [0.3, 0.4) is 0 Å². The summed E-state index contributed by atoms with van der Waals surface area (Å²) < 4.78 is 22.5. The molecule has 1 heterocycles. The van der Waals surface area contributed by atoms with Crippen LogP contribution in [0.2, 0.25) is 0 Å². The van der Waals surface area contributed by atoms with E-state index < -0.39 is 15.9 Å². The Labute approximate surface area is 96.3 Å². The Hall–Kier alpha value is -0.940. The first-order valence-electron chi connectivity index (χ1n) is 5.33. The molecule has 16 heavy (non-hydrogen) atoms. The Morgan fingerprint density at radius 1 is 1.38 bits per heavy atom. The molecule has 5 heteroatoms. The summed E-state index contributed by atoms with van der Waals surface area (Å²) in [6.07, 6.45) is 3.57. The third kappa shape index (κ3) is 4.28. The molecular formula is C11H17NO3S. The zero-order valence-electron chi connectivity index (χ0n) is 9.33. The van der Waals surface area contributed by atoms with Gasteiger partial charge in [-0.25, -0.2) is 8.42 Å². The lowest BCUT2D eigenvalue weighted by Gasteiger charge is -2.10. The predicted molar refractivity (Wildman–Crippen MR) is 62.8 cm³/mol. The Bertz CT molecular complexity index is 402. The second kappa shape index (κ2) is 5.96. The van der Waals surface area contributed by atoms with Crippen LogP contribution in [0.5, 0.6) is 0 Å². The van der Waals surface area contributed by atoms with Gasteiger partial charge in [0.15, 0.2) is 0 Å². The highest BCUT2D eigenvalue weighted by atomic mass is 32.2. The van der Waals surface area contributed by atoms with Crippen molar-refractivity contribution in [2.24, 2.45) is 0 Å². The van der Waals surface area contributed by atoms with E-state index in [4.69, 9.17) is 0 Å². The van der Waals surface area contributed by atoms with Crippen molar-refractivity contribution in [3.8, 4) is 0 Å². The van der Waals surface area contributed by atoms with Gasteiger partial charge in [-0.15, -0.1) is 0 Å². The largest absolute Gasteiger partial charge is 0.388 e. The molecule has 0 bridgehead atoms. The number of aliphatic hydroxyl groups excluding tert-OH is 1. The smallest absolute Gasteiger partial charge is 0.150 e. The van der Waals surface area contributed by atoms with E-state index in [0.717, 1.165) is 5.56 Å². The van der Waals surface area contributed by atoms with Crippen molar-refractivity contribution >= 4 is 9.84 Å². The summed E-state index contributed by atoms with van der Waals surface area (Å²) in [5.74, 6) is 0.310. The molecule has 0 saturated heterocycles. The first-order valence-corrected chi connectivity index (χ1v) is 7.15. The van der Waals surface area contributed by atoms with Gasteiger partial charge in [0, 0.05) is 18.1 Å². The van der Waals surface area contributed by atoms with Gasteiger partial charge in [0.1, 0.15) is 9.84 Å². The maximum Gasteiger partial charge on any atom is 0.150 e. The van der Waals surface area contributed by atoms with Gasteiger partial charge in [-0.3, -0.25) is 4.98 Å². The summed E-state index contributed by atoms with van der Waals surface area (Å²) in [5, 5.41) is 9.77. The number of hydrogen-bond acceptors (Lipinski definition) is 4. The maximum atomic E-state index is 11.2. The summed E-state index contributed by atoms with van der Waals surface area (Å²) in [7, 11) is -2.92. The van der Waals surface area contributed by atoms with Crippen LogP contribution in [0.25, 0.3) is 0 Å². The Kier molecular flexibility index (Phi) is 4.89. The van der Waals surface area contributed by atoms with Gasteiger partial charge in [0.2, 0.25) is 0 Å². The topological polar surface area (TPSA) is 67.3 Å². The monoisotopic (exact) mass is 243 g/mol. The second-order valence-electron chi connectivity index (χ2n) is 3.67. The molecule has 90 valence electrons. The zero-order valence-corrected chi connectivity index (χ0v) is 10.2. The van der Waals surface area contributed by atoms with Crippen molar-refractivity contribution in [2.45, 2.75) is 25.9 Å². The van der Waals surface area contributed by atoms with Gasteiger partial charge in [-0.1, -0.05) is 6.92 Å². The number of sulfone groups is 1. The zero-order chi connectivity index (χ0) is 12.0. The molecule has 1 aromatic heterocycles. The lowest BCUT2D eigenvalue weighted by molar-refractivity contribution is 0.166. The van der Waals surface area contributed by atoms with Crippen molar-refractivity contribution < 1.29 is 13.5 Å². The van der Waals surface area contributed by atoms with E-state index in [2.05, 4.69) is 4.98 Å². The van der Waals surface area contributed by atoms with Crippen LogP contribution in [0, 0.1) is 0 Å². The molecule has 0 aliphatic carbocycles. The lowest BCUT2D eigenvalue weighted by Crippen LogP contribution is -2.10. The molecule has 0 aromatic carbocycles. The number of nitrogens with zero attached hydrogens (tertiary/aromatic N) is 1. The lowest BCUT2D eigenvalue weighted by atomic mass is 10.1. The van der Waals surface area contributed by atoms with Crippen LogP contribution in [-0.2, 0) is 9.84 Å². The van der Waals surface area contributed by atoms with Gasteiger partial charge in [0.05, 0.1) is 11.9 Å². The van der Waals surface area contributed by atoms with Crippen LogP contribution in [0.1, 0.15) is 31.4 Å². The fraction of sp³-hybridized carbons (Fsp3) is 0.545. The van der Waals surface area contributed by atoms with E-state index in [-0.39, 0.29) is 11.5 Å². The number of rotatable bonds is 6. The molecular weight excluding hydrogens is 226 g/mol. The molecule has 4 nitrogen and oxygen atoms in total. The van der Waals surface area contributed by atoms with Crippen molar-refractivity contribution in [3.63, 3.8) is 0 Å². The highest BCUT2D eigenvalue weighted by molar-refractivity contribution is 7.91. The predicted octanol–water partition coefficient (Wildman–Crippen LogP) is 1.33. The third-order valence-electron chi connectivity index (χ3n) is 2.46. The SMILES string of the molecule is CCS(=O)(=O)CCCC(O)c1ccncc1. The average Bonchev–Trinajstić information content (AvgIpc) is 2.30. The van der Waals surface area contributed by atoms with Crippen molar-refractivity contribution in [3.05, 3.63) is 30.1 Å². The summed E-state index contributed by atoms with van der Waals surface area (Å²) in [5.41, 5.74) is 0.781. The van der Waals surface area contributed by atoms with Gasteiger partial charge >= 0.3 is 0 Å². The van der Waals surface area contributed by atoms with E-state index >= 15 is 0 Å². The first kappa shape index (κ1) is 13.1. The number of pyridine rings is 1. The minimum atomic E-state index is -2.92. The van der Waals surface area contributed by atoms with Gasteiger partial charge in [0.25, 0.3) is 0 Å². The summed E-state index contributed by atoms with van der Waals surface area (Å²) in [4.78, 5) is 3.85. The molecule has 1 aromatic rings. The van der Waals surface area contributed by atoms with Crippen molar-refractivity contribution in [2.75, 3.05) is 11.5 Å². The van der Waals surface area contributed by atoms with Gasteiger partial charge in [-0.05, 0) is 30.5 Å². The van der Waals surface area contributed by atoms with E-state index in [9.17, 15) is 13.5 Å². The summed E-state index contributed by atoms with van der Waals surface area (Å²) >= 11 is 0. The fourth-order valence-electron chi connectivity index (χ4n) is 1.39. The molecule has 0 aliphatic rings. The van der Waals surface area contributed by atoms with Crippen LogP contribution in [0.4, 0.5) is 0 Å². The molecule has 1 rings (SSSR count). The normalized spacial score (nSPS) is 13.6. The summed E-state index contributed by atoms with van der Waals surface area (Å²) in [6, 6.07) is 3.47. The molecule has 0 radical (unpaired) electrons. The maximum absolute atomic E-state index is 11.2. The molecule has 0 fully saturated rings. The van der Waals surface area contributed by atoms with Crippen molar-refractivity contribution in [1.82, 2.24) is 4.98 Å². The van der Waals surface area contributed by atoms with Crippen LogP contribution >= 0.6 is 0 Å². The molecule has 1 unspecified atom stereocenters. The minimum absolute atomic E-state index is 0.144. The Morgan fingerprint density at radius 2 is 2.00 bits per heavy atom. The van der Waals surface area contributed by atoms with Crippen LogP contribution < -0.4 is 0 Å². The van der Waals surface area contributed by atoms with E-state index in [1.165, 1.54) is 0 Å². The molecule has 1 N–H and O–H groups in total. The third-order valence-corrected chi connectivity index (χ3v) is 4.25. The highest BCUT2D eigenvalue weighted by Crippen LogP contribution is 2.17. The molecule has 1 atom stereocenters. The Morgan fingerprint density at radius 3 is 2.56 bits per heavy atom. The van der Waals surface area contributed by atoms with Gasteiger partial charge < -0.3 is 5.11 Å². The molecule has 0 spiro atoms. The van der Waals surface area contributed by atoms with Crippen LogP contribution in [0.15, 0.2) is 24.5 Å². The molecule has 0 amide bonds. The summed E-state index contributed by atoms with van der Waals surface area (Å²) in [6.45, 7) is 1.63. The first-order chi connectivity index (χ1) is 7.55. The van der Waals surface area contributed by atoms with Gasteiger partial charge in [-0.2, -0.15) is 0 Å².